The van der Waals surface area contributed by atoms with Crippen LogP contribution in [-0.2, 0) is 10.0 Å². The minimum atomic E-state index is -3.49. The molecule has 0 spiro atoms. The van der Waals surface area contributed by atoms with Crippen molar-refractivity contribution in [2.24, 2.45) is 0 Å². The van der Waals surface area contributed by atoms with Crippen molar-refractivity contribution < 1.29 is 8.42 Å². The fourth-order valence-corrected chi connectivity index (χ4v) is 4.35. The average Bonchev–Trinajstić information content (AvgIpc) is 2.56. The monoisotopic (exact) mass is 337 g/mol. The summed E-state index contributed by atoms with van der Waals surface area (Å²) in [7, 11) is -3.49. The summed E-state index contributed by atoms with van der Waals surface area (Å²) in [5, 5.41) is 0.524. The smallest absolute Gasteiger partial charge is 0.243 e. The highest BCUT2D eigenvalue weighted by molar-refractivity contribution is 7.89. The largest absolute Gasteiger partial charge is 0.245 e. The van der Waals surface area contributed by atoms with Gasteiger partial charge >= 0.3 is 0 Å². The second-order valence-electron chi connectivity index (χ2n) is 5.29. The van der Waals surface area contributed by atoms with Crippen LogP contribution in [0.4, 0.5) is 0 Å². The number of hydrogen-bond donors (Lipinski definition) is 0. The maximum absolute atomic E-state index is 12.7. The number of benzene rings is 1. The van der Waals surface area contributed by atoms with Gasteiger partial charge < -0.3 is 0 Å². The number of aromatic nitrogens is 2. The first-order valence-electron chi connectivity index (χ1n) is 7.09. The maximum Gasteiger partial charge on any atom is 0.243 e. The summed E-state index contributed by atoms with van der Waals surface area (Å²) in [5.74, 6) is 0.110. The third-order valence-corrected chi connectivity index (χ3v) is 5.99. The lowest BCUT2D eigenvalue weighted by molar-refractivity contribution is 0.312. The normalized spacial score (nSPS) is 20.0. The van der Waals surface area contributed by atoms with E-state index in [0.717, 1.165) is 18.5 Å². The van der Waals surface area contributed by atoms with Crippen LogP contribution in [0.2, 0.25) is 5.02 Å². The number of sulfonamides is 1. The zero-order valence-corrected chi connectivity index (χ0v) is 13.5. The van der Waals surface area contributed by atoms with Crippen molar-refractivity contribution in [3.05, 3.63) is 53.6 Å². The standard InChI is InChI=1S/C15H16ClN3O2S/c16-13-3-5-14(6-4-13)22(20,21)19-9-1-2-12(10-19)15-7-8-17-11-18-15/h3-8,11-12H,1-2,9-10H2/t12-/m0/s1. The van der Waals surface area contributed by atoms with Gasteiger partial charge in [0.1, 0.15) is 6.33 Å². The number of rotatable bonds is 3. The highest BCUT2D eigenvalue weighted by atomic mass is 35.5. The van der Waals surface area contributed by atoms with Crippen LogP contribution in [0.25, 0.3) is 0 Å². The summed E-state index contributed by atoms with van der Waals surface area (Å²) in [6.45, 7) is 0.981. The first-order chi connectivity index (χ1) is 10.6. The first kappa shape index (κ1) is 15.4. The van der Waals surface area contributed by atoms with Gasteiger partial charge in [-0.2, -0.15) is 4.31 Å². The third-order valence-electron chi connectivity index (χ3n) is 3.86. The molecule has 2 heterocycles. The number of piperidine rings is 1. The van der Waals surface area contributed by atoms with Crippen LogP contribution in [0.3, 0.4) is 0 Å². The molecule has 1 aliphatic heterocycles. The molecule has 1 saturated heterocycles. The van der Waals surface area contributed by atoms with E-state index in [0.29, 0.717) is 18.1 Å². The topological polar surface area (TPSA) is 63.2 Å². The quantitative estimate of drug-likeness (QED) is 0.863. The van der Waals surface area contributed by atoms with Crippen molar-refractivity contribution >= 4 is 21.6 Å². The summed E-state index contributed by atoms with van der Waals surface area (Å²) in [6, 6.07) is 8.14. The summed E-state index contributed by atoms with van der Waals surface area (Å²) in [6.07, 6.45) is 4.95. The molecule has 0 bridgehead atoms. The third kappa shape index (κ3) is 3.14. The number of hydrogen-bond acceptors (Lipinski definition) is 4. The van der Waals surface area contributed by atoms with E-state index in [1.165, 1.54) is 10.6 Å². The van der Waals surface area contributed by atoms with Gasteiger partial charge in [-0.3, -0.25) is 0 Å². The van der Waals surface area contributed by atoms with E-state index in [-0.39, 0.29) is 10.8 Å². The van der Waals surface area contributed by atoms with Crippen LogP contribution in [0.15, 0.2) is 47.8 Å². The van der Waals surface area contributed by atoms with Gasteiger partial charge in [0.2, 0.25) is 10.0 Å². The molecule has 1 aromatic carbocycles. The molecule has 0 radical (unpaired) electrons. The van der Waals surface area contributed by atoms with Gasteiger partial charge in [0, 0.05) is 35.9 Å². The fraction of sp³-hybridized carbons (Fsp3) is 0.333. The first-order valence-corrected chi connectivity index (χ1v) is 8.91. The Morgan fingerprint density at radius 1 is 1.18 bits per heavy atom. The Morgan fingerprint density at radius 2 is 1.95 bits per heavy atom. The average molecular weight is 338 g/mol. The Bertz CT molecular complexity index is 735. The van der Waals surface area contributed by atoms with Gasteiger partial charge in [-0.15, -0.1) is 0 Å². The van der Waals surface area contributed by atoms with Crippen molar-refractivity contribution in [3.63, 3.8) is 0 Å². The highest BCUT2D eigenvalue weighted by Crippen LogP contribution is 2.29. The number of nitrogens with zero attached hydrogens (tertiary/aromatic N) is 3. The van der Waals surface area contributed by atoms with E-state index < -0.39 is 10.0 Å². The summed E-state index contributed by atoms with van der Waals surface area (Å²) in [4.78, 5) is 8.44. The highest BCUT2D eigenvalue weighted by Gasteiger charge is 2.31. The van der Waals surface area contributed by atoms with Gasteiger partial charge in [0.05, 0.1) is 4.90 Å². The minimum Gasteiger partial charge on any atom is -0.245 e. The minimum absolute atomic E-state index is 0.110. The van der Waals surface area contributed by atoms with Crippen LogP contribution >= 0.6 is 11.6 Å². The van der Waals surface area contributed by atoms with Crippen LogP contribution in [0, 0.1) is 0 Å². The SMILES string of the molecule is O=S(=O)(c1ccc(Cl)cc1)N1CCC[C@H](c2ccncn2)C1. The van der Waals surface area contributed by atoms with Crippen molar-refractivity contribution in [2.45, 2.75) is 23.7 Å². The molecule has 1 atom stereocenters. The van der Waals surface area contributed by atoms with Gasteiger partial charge in [-0.25, -0.2) is 18.4 Å². The van der Waals surface area contributed by atoms with Gasteiger partial charge in [-0.1, -0.05) is 11.6 Å². The Hall–Kier alpha value is -1.50. The zero-order valence-electron chi connectivity index (χ0n) is 11.9. The van der Waals surface area contributed by atoms with Crippen LogP contribution < -0.4 is 0 Å². The maximum atomic E-state index is 12.7. The second-order valence-corrected chi connectivity index (χ2v) is 7.66. The molecule has 0 aliphatic carbocycles. The predicted molar refractivity (Wildman–Crippen MR) is 84.2 cm³/mol. The Kier molecular flexibility index (Phi) is 4.42. The van der Waals surface area contributed by atoms with E-state index in [1.807, 2.05) is 6.07 Å². The van der Waals surface area contributed by atoms with Crippen LogP contribution in [0.1, 0.15) is 24.5 Å². The lowest BCUT2D eigenvalue weighted by Gasteiger charge is -2.31. The Morgan fingerprint density at radius 3 is 2.64 bits per heavy atom. The molecule has 3 rings (SSSR count). The van der Waals surface area contributed by atoms with E-state index in [2.05, 4.69) is 9.97 Å². The lowest BCUT2D eigenvalue weighted by Crippen LogP contribution is -2.39. The van der Waals surface area contributed by atoms with E-state index in [9.17, 15) is 8.42 Å². The molecule has 2 aromatic rings. The molecular formula is C15H16ClN3O2S. The second kappa shape index (κ2) is 6.32. The predicted octanol–water partition coefficient (Wildman–Crippen LogP) is 2.70. The van der Waals surface area contributed by atoms with Crippen molar-refractivity contribution in [1.29, 1.82) is 0 Å². The molecule has 1 aliphatic rings. The van der Waals surface area contributed by atoms with E-state index in [1.54, 1.807) is 30.5 Å². The van der Waals surface area contributed by atoms with Crippen molar-refractivity contribution in [2.75, 3.05) is 13.1 Å². The van der Waals surface area contributed by atoms with Crippen molar-refractivity contribution in [3.8, 4) is 0 Å². The molecule has 22 heavy (non-hydrogen) atoms. The van der Waals surface area contributed by atoms with E-state index in [4.69, 9.17) is 11.6 Å². The number of halogens is 1. The van der Waals surface area contributed by atoms with Crippen LogP contribution in [0.5, 0.6) is 0 Å². The molecule has 1 fully saturated rings. The molecule has 116 valence electrons. The molecule has 7 heteroatoms. The molecule has 0 amide bonds. The lowest BCUT2D eigenvalue weighted by atomic mass is 9.96. The van der Waals surface area contributed by atoms with Gasteiger partial charge in [0.25, 0.3) is 0 Å². The van der Waals surface area contributed by atoms with Crippen molar-refractivity contribution in [1.82, 2.24) is 14.3 Å². The molecular weight excluding hydrogens is 322 g/mol. The molecule has 5 nitrogen and oxygen atoms in total. The van der Waals surface area contributed by atoms with Gasteiger partial charge in [-0.05, 0) is 43.2 Å². The Labute approximate surface area is 135 Å². The summed E-state index contributed by atoms with van der Waals surface area (Å²) in [5.41, 5.74) is 0.894. The Balaban J connectivity index is 1.83. The van der Waals surface area contributed by atoms with E-state index >= 15 is 0 Å². The molecule has 0 saturated carbocycles. The molecule has 0 unspecified atom stereocenters. The summed E-state index contributed by atoms with van der Waals surface area (Å²) >= 11 is 5.83. The zero-order chi connectivity index (χ0) is 15.6. The van der Waals surface area contributed by atoms with Crippen LogP contribution in [-0.4, -0.2) is 35.8 Å². The summed E-state index contributed by atoms with van der Waals surface area (Å²) < 4.78 is 27.0. The van der Waals surface area contributed by atoms with Gasteiger partial charge in [0.15, 0.2) is 0 Å². The molecule has 0 N–H and O–H groups in total. The fourth-order valence-electron chi connectivity index (χ4n) is 2.70. The molecule has 1 aromatic heterocycles.